The van der Waals surface area contributed by atoms with Gasteiger partial charge in [0.2, 0.25) is 11.8 Å². The van der Waals surface area contributed by atoms with Gasteiger partial charge < -0.3 is 10.2 Å². The van der Waals surface area contributed by atoms with Crippen LogP contribution in [-0.4, -0.2) is 57.3 Å². The SMILES string of the molecule is CCN(Cc1ccncc1)C(=O)C[C@@H]1C(=O)NCCN1Cc1cccnc1. The number of rotatable bonds is 7. The molecule has 1 aliphatic heterocycles. The predicted molar refractivity (Wildman–Crippen MR) is 101 cm³/mol. The molecule has 1 N–H and O–H groups in total. The Morgan fingerprint density at radius 1 is 1.22 bits per heavy atom. The monoisotopic (exact) mass is 367 g/mol. The van der Waals surface area contributed by atoms with Gasteiger partial charge in [0.1, 0.15) is 0 Å². The average molecular weight is 367 g/mol. The number of nitrogens with zero attached hydrogens (tertiary/aromatic N) is 4. The Kier molecular flexibility index (Phi) is 6.49. The van der Waals surface area contributed by atoms with Gasteiger partial charge >= 0.3 is 0 Å². The molecule has 7 nitrogen and oxygen atoms in total. The molecule has 1 atom stereocenters. The third kappa shape index (κ3) is 5.10. The number of carbonyl (C=O) groups is 2. The number of amides is 2. The fourth-order valence-electron chi connectivity index (χ4n) is 3.28. The van der Waals surface area contributed by atoms with Crippen molar-refractivity contribution in [3.05, 3.63) is 60.2 Å². The van der Waals surface area contributed by atoms with E-state index in [1.165, 1.54) is 0 Å². The first-order valence-corrected chi connectivity index (χ1v) is 9.24. The summed E-state index contributed by atoms with van der Waals surface area (Å²) in [7, 11) is 0. The van der Waals surface area contributed by atoms with E-state index in [0.717, 1.165) is 17.7 Å². The summed E-state index contributed by atoms with van der Waals surface area (Å²) < 4.78 is 0. The second kappa shape index (κ2) is 9.23. The normalized spacial score (nSPS) is 17.4. The summed E-state index contributed by atoms with van der Waals surface area (Å²) in [5.74, 6) is -0.106. The first-order valence-electron chi connectivity index (χ1n) is 9.24. The van der Waals surface area contributed by atoms with Crippen molar-refractivity contribution in [1.82, 2.24) is 25.1 Å². The first kappa shape index (κ1) is 19.0. The summed E-state index contributed by atoms with van der Waals surface area (Å²) >= 11 is 0. The highest BCUT2D eigenvalue weighted by molar-refractivity contribution is 5.88. The predicted octanol–water partition coefficient (Wildman–Crippen LogP) is 1.22. The van der Waals surface area contributed by atoms with Crippen molar-refractivity contribution in [3.8, 4) is 0 Å². The molecule has 0 aliphatic carbocycles. The zero-order valence-corrected chi connectivity index (χ0v) is 15.5. The van der Waals surface area contributed by atoms with E-state index < -0.39 is 6.04 Å². The molecule has 0 spiro atoms. The van der Waals surface area contributed by atoms with Crippen molar-refractivity contribution < 1.29 is 9.59 Å². The maximum absolute atomic E-state index is 12.9. The van der Waals surface area contributed by atoms with Crippen LogP contribution in [0.3, 0.4) is 0 Å². The minimum absolute atomic E-state index is 0.0208. The number of pyridine rings is 2. The number of aromatic nitrogens is 2. The minimum Gasteiger partial charge on any atom is -0.353 e. The van der Waals surface area contributed by atoms with Crippen molar-refractivity contribution in [2.24, 2.45) is 0 Å². The summed E-state index contributed by atoms with van der Waals surface area (Å²) in [6.07, 6.45) is 7.14. The Morgan fingerprint density at radius 2 is 2.04 bits per heavy atom. The molecule has 7 heteroatoms. The van der Waals surface area contributed by atoms with E-state index >= 15 is 0 Å². The largest absolute Gasteiger partial charge is 0.353 e. The first-order chi connectivity index (χ1) is 13.2. The molecule has 0 radical (unpaired) electrons. The maximum atomic E-state index is 12.9. The molecule has 2 aromatic heterocycles. The van der Waals surface area contributed by atoms with Gasteiger partial charge in [0.15, 0.2) is 0 Å². The van der Waals surface area contributed by atoms with Crippen molar-refractivity contribution >= 4 is 11.8 Å². The van der Waals surface area contributed by atoms with Gasteiger partial charge in [-0.15, -0.1) is 0 Å². The van der Waals surface area contributed by atoms with E-state index in [1.807, 2.05) is 31.2 Å². The fraction of sp³-hybridized carbons (Fsp3) is 0.400. The summed E-state index contributed by atoms with van der Waals surface area (Å²) in [4.78, 5) is 37.3. The lowest BCUT2D eigenvalue weighted by atomic mass is 10.1. The van der Waals surface area contributed by atoms with Crippen LogP contribution in [0, 0.1) is 0 Å². The number of hydrogen-bond acceptors (Lipinski definition) is 5. The number of hydrogen-bond donors (Lipinski definition) is 1. The number of piperazine rings is 1. The summed E-state index contributed by atoms with van der Waals surface area (Å²) in [6.45, 7) is 4.99. The quantitative estimate of drug-likeness (QED) is 0.796. The van der Waals surface area contributed by atoms with Gasteiger partial charge in [0, 0.05) is 57.5 Å². The van der Waals surface area contributed by atoms with Gasteiger partial charge in [-0.2, -0.15) is 0 Å². The van der Waals surface area contributed by atoms with Crippen LogP contribution in [0.15, 0.2) is 49.1 Å². The van der Waals surface area contributed by atoms with Crippen LogP contribution < -0.4 is 5.32 Å². The van der Waals surface area contributed by atoms with Crippen molar-refractivity contribution in [2.75, 3.05) is 19.6 Å². The zero-order valence-electron chi connectivity index (χ0n) is 15.5. The highest BCUT2D eigenvalue weighted by atomic mass is 16.2. The topological polar surface area (TPSA) is 78.4 Å². The molecule has 0 bridgehead atoms. The van der Waals surface area contributed by atoms with Crippen LogP contribution in [0.25, 0.3) is 0 Å². The lowest BCUT2D eigenvalue weighted by Gasteiger charge is -2.35. The van der Waals surface area contributed by atoms with Crippen LogP contribution in [0.5, 0.6) is 0 Å². The molecule has 27 heavy (non-hydrogen) atoms. The lowest BCUT2D eigenvalue weighted by molar-refractivity contribution is -0.139. The lowest BCUT2D eigenvalue weighted by Crippen LogP contribution is -2.56. The fourth-order valence-corrected chi connectivity index (χ4v) is 3.28. The van der Waals surface area contributed by atoms with Gasteiger partial charge in [-0.1, -0.05) is 6.07 Å². The van der Waals surface area contributed by atoms with Crippen LogP contribution in [0.1, 0.15) is 24.5 Å². The summed E-state index contributed by atoms with van der Waals surface area (Å²) in [5.41, 5.74) is 2.06. The minimum atomic E-state index is -0.460. The summed E-state index contributed by atoms with van der Waals surface area (Å²) in [6, 6.07) is 7.21. The van der Waals surface area contributed by atoms with Crippen LogP contribution >= 0.6 is 0 Å². The molecular weight excluding hydrogens is 342 g/mol. The second-order valence-corrected chi connectivity index (χ2v) is 6.61. The van der Waals surface area contributed by atoms with E-state index in [-0.39, 0.29) is 18.2 Å². The Labute approximate surface area is 159 Å². The number of nitrogens with one attached hydrogen (secondary N) is 1. The molecule has 0 saturated carbocycles. The van der Waals surface area contributed by atoms with Crippen molar-refractivity contribution in [3.63, 3.8) is 0 Å². The Hall–Kier alpha value is -2.80. The molecule has 1 aliphatic rings. The molecule has 142 valence electrons. The van der Waals surface area contributed by atoms with Gasteiger partial charge in [0.05, 0.1) is 12.5 Å². The van der Waals surface area contributed by atoms with Crippen LogP contribution in [-0.2, 0) is 22.7 Å². The van der Waals surface area contributed by atoms with Gasteiger partial charge in [-0.05, 0) is 36.2 Å². The Bertz CT molecular complexity index is 753. The molecular formula is C20H25N5O2. The molecule has 1 saturated heterocycles. The molecule has 2 aromatic rings. The second-order valence-electron chi connectivity index (χ2n) is 6.61. The molecule has 3 heterocycles. The van der Waals surface area contributed by atoms with Gasteiger partial charge in [-0.3, -0.25) is 24.5 Å². The van der Waals surface area contributed by atoms with Crippen molar-refractivity contribution in [1.29, 1.82) is 0 Å². The molecule has 1 fully saturated rings. The smallest absolute Gasteiger partial charge is 0.237 e. The molecule has 3 rings (SSSR count). The molecule has 0 unspecified atom stereocenters. The average Bonchev–Trinajstić information content (AvgIpc) is 2.70. The van der Waals surface area contributed by atoms with E-state index in [1.54, 1.807) is 29.7 Å². The van der Waals surface area contributed by atoms with Crippen LogP contribution in [0.4, 0.5) is 0 Å². The third-order valence-electron chi connectivity index (χ3n) is 4.78. The summed E-state index contributed by atoms with van der Waals surface area (Å²) in [5, 5.41) is 2.88. The third-order valence-corrected chi connectivity index (χ3v) is 4.78. The van der Waals surface area contributed by atoms with E-state index in [0.29, 0.717) is 26.2 Å². The standard InChI is InChI=1S/C20H25N5O2/c1-2-24(14-16-5-8-21-9-6-16)19(26)12-18-20(27)23-10-11-25(18)15-17-4-3-7-22-13-17/h3-9,13,18H,2,10-12,14-15H2,1H3,(H,23,27)/t18-/m1/s1. The van der Waals surface area contributed by atoms with E-state index in [4.69, 9.17) is 0 Å². The highest BCUT2D eigenvalue weighted by Gasteiger charge is 2.32. The van der Waals surface area contributed by atoms with Crippen molar-refractivity contribution in [2.45, 2.75) is 32.5 Å². The highest BCUT2D eigenvalue weighted by Crippen LogP contribution is 2.15. The maximum Gasteiger partial charge on any atom is 0.237 e. The molecule has 0 aromatic carbocycles. The number of carbonyl (C=O) groups excluding carboxylic acids is 2. The van der Waals surface area contributed by atoms with Gasteiger partial charge in [-0.25, -0.2) is 0 Å². The van der Waals surface area contributed by atoms with Gasteiger partial charge in [0.25, 0.3) is 0 Å². The molecule has 2 amide bonds. The zero-order chi connectivity index (χ0) is 19.1. The Balaban J connectivity index is 1.67. The van der Waals surface area contributed by atoms with Crippen LogP contribution in [0.2, 0.25) is 0 Å². The van der Waals surface area contributed by atoms with E-state index in [9.17, 15) is 9.59 Å². The Morgan fingerprint density at radius 3 is 2.74 bits per heavy atom. The van der Waals surface area contributed by atoms with E-state index in [2.05, 4.69) is 20.2 Å².